The van der Waals surface area contributed by atoms with Gasteiger partial charge in [-0.05, 0) is 0 Å². The van der Waals surface area contributed by atoms with Crippen molar-refractivity contribution in [1.82, 2.24) is 0 Å². The maximum Gasteiger partial charge on any atom is 0.00461 e. The van der Waals surface area contributed by atoms with Gasteiger partial charge in [0.2, 0.25) is 0 Å². The first-order valence-corrected chi connectivity index (χ1v) is 8.66. The van der Waals surface area contributed by atoms with Crippen LogP contribution < -0.4 is 11.5 Å². The van der Waals surface area contributed by atoms with E-state index < -0.39 is 10.7 Å². The molecule has 0 heterocycles. The van der Waals surface area contributed by atoms with Gasteiger partial charge in [-0.2, -0.15) is 0 Å². The first-order chi connectivity index (χ1) is 9.16. The van der Waals surface area contributed by atoms with E-state index in [2.05, 4.69) is 15.2 Å². The number of nitriles is 4. The van der Waals surface area contributed by atoms with Crippen LogP contribution in [0.2, 0.25) is 0 Å². The molecule has 14 nitrogen and oxygen atoms in total. The van der Waals surface area contributed by atoms with Crippen molar-refractivity contribution < 1.29 is 41.7 Å². The summed E-state index contributed by atoms with van der Waals surface area (Å²) >= 11 is 0. The largest absolute Gasteiger partial charge is 0.329 e. The molecule has 0 aliphatic heterocycles. The molecule has 0 unspecified atom stereocenters. The Labute approximate surface area is 113 Å². The molecular formula is C6H10CrN6O8. The summed E-state index contributed by atoms with van der Waals surface area (Å²) in [5.41, 5.74) is 9.81. The third kappa shape index (κ3) is 4.32. The predicted octanol–water partition coefficient (Wildman–Crippen LogP) is -2.66. The van der Waals surface area contributed by atoms with Gasteiger partial charge in [-0.25, -0.2) is 0 Å². The van der Waals surface area contributed by atoms with Gasteiger partial charge in [-0.15, -0.1) is 0 Å². The number of rotatable bonds is 5. The third-order valence-corrected chi connectivity index (χ3v) is 4.82. The zero-order chi connectivity index (χ0) is 17.4. The minimum absolute atomic E-state index is 0.139. The molecule has 21 heavy (non-hydrogen) atoms. The molecule has 0 aromatic heterocycles. The van der Waals surface area contributed by atoms with Crippen LogP contribution in [0.15, 0.2) is 0 Å². The van der Waals surface area contributed by atoms with Gasteiger partial charge in [0.1, 0.15) is 0 Å². The Morgan fingerprint density at radius 3 is 1.05 bits per heavy atom. The molecule has 0 aliphatic rings. The Bertz CT molecular complexity index is 738. The normalized spacial score (nSPS) is 16.6. The fraction of sp³-hybridized carbons (Fsp3) is 0.333. The van der Waals surface area contributed by atoms with Gasteiger partial charge in [0.25, 0.3) is 0 Å². The van der Waals surface area contributed by atoms with E-state index in [1.165, 1.54) is 0 Å². The van der Waals surface area contributed by atoms with E-state index in [1.807, 2.05) is 0 Å². The van der Waals surface area contributed by atoms with Crippen LogP contribution in [0.3, 0.4) is 0 Å². The minimum Gasteiger partial charge on any atom is -0.329 e. The maximum atomic E-state index is 11.7. The molecule has 0 saturated heterocycles. The SMILES string of the molecule is N#C[O][Cr](=[O])(=[O])([OH])([OH])([O]C#N)([O]C#N)[O]C#N.NCCN. The van der Waals surface area contributed by atoms with Crippen molar-refractivity contribution in [2.75, 3.05) is 13.1 Å². The molecule has 0 amide bonds. The van der Waals surface area contributed by atoms with Crippen molar-refractivity contribution in [3.63, 3.8) is 0 Å². The van der Waals surface area contributed by atoms with Gasteiger partial charge >= 0.3 is 87.8 Å². The Morgan fingerprint density at radius 2 is 0.952 bits per heavy atom. The fourth-order valence-corrected chi connectivity index (χ4v) is 2.23. The third-order valence-electron chi connectivity index (χ3n) is 1.29. The average Bonchev–Trinajstić information content (AvgIpc) is 2.28. The van der Waals surface area contributed by atoms with E-state index in [4.69, 9.17) is 32.5 Å². The fourth-order valence-electron chi connectivity index (χ4n) is 0.540. The molecule has 0 aliphatic carbocycles. The van der Waals surface area contributed by atoms with Crippen LogP contribution in [-0.2, 0) is 33.4 Å². The molecule has 0 atom stereocenters. The van der Waals surface area contributed by atoms with E-state index in [-0.39, 0.29) is 25.0 Å². The molecule has 0 aromatic carbocycles. The average molecular weight is 346 g/mol. The number of nitrogens with zero attached hydrogens (tertiary/aromatic N) is 4. The van der Waals surface area contributed by atoms with Crippen molar-refractivity contribution in [3.8, 4) is 25.0 Å². The summed E-state index contributed by atoms with van der Waals surface area (Å²) in [4.78, 5) is 0. The van der Waals surface area contributed by atoms with Gasteiger partial charge in [0.05, 0.1) is 0 Å². The molecule has 0 fully saturated rings. The van der Waals surface area contributed by atoms with E-state index in [1.54, 1.807) is 0 Å². The Kier molecular flexibility index (Phi) is 3.52. The molecule has 15 heteroatoms. The first kappa shape index (κ1) is 20.5. The van der Waals surface area contributed by atoms with Gasteiger partial charge < -0.3 is 11.5 Å². The maximum absolute atomic E-state index is 11.7. The van der Waals surface area contributed by atoms with Crippen LogP contribution in [-0.4, -0.2) is 21.4 Å². The van der Waals surface area contributed by atoms with E-state index in [0.29, 0.717) is 13.1 Å². The minimum atomic E-state index is -11.5. The number of hydrogen-bond donors (Lipinski definition) is 4. The summed E-state index contributed by atoms with van der Waals surface area (Å²) in [5.74, 6) is 0. The van der Waals surface area contributed by atoms with Crippen LogP contribution in [0, 0.1) is 46.1 Å². The smallest absolute Gasteiger partial charge is 0.00461 e. The quantitative estimate of drug-likeness (QED) is 0.370. The second-order valence-electron chi connectivity index (χ2n) is 3.27. The molecule has 6 N–H and O–H groups in total. The molecule has 0 spiro atoms. The summed E-state index contributed by atoms with van der Waals surface area (Å²) in [6, 6.07) is 0. The molecule has 118 valence electrons. The zero-order valence-corrected chi connectivity index (χ0v) is 11.4. The van der Waals surface area contributed by atoms with Crippen molar-refractivity contribution in [2.24, 2.45) is 11.5 Å². The van der Waals surface area contributed by atoms with Crippen LogP contribution in [0.5, 0.6) is 0 Å². The van der Waals surface area contributed by atoms with Crippen LogP contribution >= 0.6 is 0 Å². The molecule has 0 rings (SSSR count). The summed E-state index contributed by atoms with van der Waals surface area (Å²) in [5, 5.41) is 32.1. The number of nitrogens with two attached hydrogens (primary N) is 2. The van der Waals surface area contributed by atoms with Crippen LogP contribution in [0.4, 0.5) is 0 Å². The second-order valence-corrected chi connectivity index (χ2v) is 10.5. The molecule has 0 saturated carbocycles. The topological polar surface area (TPSA) is 259 Å². The Morgan fingerprint density at radius 1 is 0.762 bits per heavy atom. The first-order valence-electron chi connectivity index (χ1n) is 4.39. The van der Waals surface area contributed by atoms with Crippen molar-refractivity contribution in [1.29, 1.82) is 21.0 Å². The van der Waals surface area contributed by atoms with Crippen molar-refractivity contribution in [2.45, 2.75) is 0 Å². The molecular weight excluding hydrogens is 336 g/mol. The van der Waals surface area contributed by atoms with Gasteiger partial charge in [-0.1, -0.05) is 0 Å². The molecule has 0 bridgehead atoms. The van der Waals surface area contributed by atoms with E-state index in [9.17, 15) is 15.9 Å². The van der Waals surface area contributed by atoms with E-state index in [0.717, 1.165) is 0 Å². The predicted molar refractivity (Wildman–Crippen MR) is 50.7 cm³/mol. The van der Waals surface area contributed by atoms with Gasteiger partial charge in [0, 0.05) is 13.1 Å². The monoisotopic (exact) mass is 346 g/mol. The summed E-state index contributed by atoms with van der Waals surface area (Å²) in [6.45, 7) is 1.19. The molecule has 0 radical (unpaired) electrons. The second kappa shape index (κ2) is 3.61. The van der Waals surface area contributed by atoms with Crippen molar-refractivity contribution >= 4 is 0 Å². The Hall–Kier alpha value is -2.87. The van der Waals surface area contributed by atoms with Crippen LogP contribution in [0.25, 0.3) is 0 Å². The standard InChI is InChI=1S/C2H8N2.4CHNO.Cr.2H2O.2O/c3-1-2-4;4*2-1-3;;;;;/h1-4H2;4*3H;;2*1H2;;/q;;;;;+6;;;;/p-6. The van der Waals surface area contributed by atoms with Crippen molar-refractivity contribution in [3.05, 3.63) is 0 Å². The van der Waals surface area contributed by atoms with Gasteiger partial charge in [-0.3, -0.25) is 0 Å². The zero-order valence-electron chi connectivity index (χ0n) is 10.1. The van der Waals surface area contributed by atoms with E-state index >= 15 is 0 Å². The summed E-state index contributed by atoms with van der Waals surface area (Å²) in [6.07, 6.45) is 0.556. The van der Waals surface area contributed by atoms with Crippen LogP contribution in [0.1, 0.15) is 0 Å². The Balaban J connectivity index is 0. The summed E-state index contributed by atoms with van der Waals surface area (Å²) in [7, 11) is -11.5. The number of hydrogen-bond acceptors (Lipinski definition) is 12. The summed E-state index contributed by atoms with van der Waals surface area (Å²) < 4.78 is 53.1. The molecule has 0 aromatic rings. The van der Waals surface area contributed by atoms with Gasteiger partial charge in [0.15, 0.2) is 0 Å².